The summed E-state index contributed by atoms with van der Waals surface area (Å²) in [5.74, 6) is 0. The quantitative estimate of drug-likeness (QED) is 0.146. The lowest BCUT2D eigenvalue weighted by Crippen LogP contribution is -2.66. The molecule has 28 heavy (non-hydrogen) atoms. The van der Waals surface area contributed by atoms with Crippen molar-refractivity contribution >= 4 is 0 Å². The molecule has 11 nitrogen and oxygen atoms in total. The molecule has 11 heteroatoms. The third-order valence-corrected chi connectivity index (χ3v) is 5.38. The number of aliphatic hydroxyl groups is 2. The lowest BCUT2D eigenvalue weighted by Gasteiger charge is -2.46. The van der Waals surface area contributed by atoms with E-state index in [-0.39, 0.29) is 24.8 Å². The predicted molar refractivity (Wildman–Crippen MR) is 102 cm³/mol. The van der Waals surface area contributed by atoms with Crippen LogP contribution in [0.3, 0.4) is 0 Å². The second-order valence-electron chi connectivity index (χ2n) is 7.86. The molecule has 7 N–H and O–H groups in total. The first-order chi connectivity index (χ1) is 13.3. The van der Waals surface area contributed by atoms with Gasteiger partial charge in [-0.15, -0.1) is 0 Å². The molecule has 0 bridgehead atoms. The Kier molecular flexibility index (Phi) is 8.87. The van der Waals surface area contributed by atoms with Crippen molar-refractivity contribution in [3.05, 3.63) is 10.4 Å². The molecule has 2 fully saturated rings. The predicted octanol–water partition coefficient (Wildman–Crippen LogP) is -0.648. The Morgan fingerprint density at radius 2 is 2.11 bits per heavy atom. The van der Waals surface area contributed by atoms with Crippen LogP contribution >= 0.6 is 0 Å². The van der Waals surface area contributed by atoms with E-state index in [1.54, 1.807) is 14.0 Å². The maximum atomic E-state index is 10.6. The minimum atomic E-state index is -1.22. The normalized spacial score (nSPS) is 41.4. The van der Waals surface area contributed by atoms with Crippen molar-refractivity contribution in [2.75, 3.05) is 26.8 Å². The minimum Gasteiger partial charge on any atom is -0.386 e. The van der Waals surface area contributed by atoms with E-state index < -0.39 is 30.1 Å². The number of nitrogens with one attached hydrogen (secondary N) is 1. The summed E-state index contributed by atoms with van der Waals surface area (Å²) in [4.78, 5) is 2.72. The molecule has 1 saturated carbocycles. The molecule has 8 atom stereocenters. The van der Waals surface area contributed by atoms with Crippen LogP contribution < -0.4 is 16.8 Å². The minimum absolute atomic E-state index is 0.0205. The van der Waals surface area contributed by atoms with Crippen LogP contribution in [0, 0.1) is 0 Å². The van der Waals surface area contributed by atoms with Gasteiger partial charge in [0, 0.05) is 30.1 Å². The van der Waals surface area contributed by atoms with Crippen LogP contribution in [-0.2, 0) is 14.2 Å². The summed E-state index contributed by atoms with van der Waals surface area (Å²) in [5, 5.41) is 27.4. The first-order valence-electron chi connectivity index (χ1n) is 9.78. The highest BCUT2D eigenvalue weighted by Gasteiger charge is 2.48. The van der Waals surface area contributed by atoms with Gasteiger partial charge >= 0.3 is 0 Å². The molecular weight excluding hydrogens is 368 g/mol. The standard InChI is InChI=1S/C17H34N6O5/c1-17(25)9-27-16(13(24)15(17)21-2)28-14-11(19)7-10(18)8-12(14)26-6-4-3-5-22-23-20/h10-16,21,24-25H,3-9,18-19H2,1-2H3/t10-,11+,12-,13+,14-,15+,16+,17-/m0/s1. The van der Waals surface area contributed by atoms with Crippen LogP contribution in [0.2, 0.25) is 0 Å². The maximum Gasteiger partial charge on any atom is 0.185 e. The van der Waals surface area contributed by atoms with E-state index in [1.165, 1.54) is 0 Å². The molecule has 1 saturated heterocycles. The lowest BCUT2D eigenvalue weighted by molar-refractivity contribution is -0.294. The average Bonchev–Trinajstić information content (AvgIpc) is 2.62. The Labute approximate surface area is 165 Å². The second-order valence-corrected chi connectivity index (χ2v) is 7.86. The summed E-state index contributed by atoms with van der Waals surface area (Å²) >= 11 is 0. The summed E-state index contributed by atoms with van der Waals surface area (Å²) in [7, 11) is 1.67. The molecule has 0 amide bonds. The third kappa shape index (κ3) is 5.99. The molecule has 0 radical (unpaired) electrons. The summed E-state index contributed by atoms with van der Waals surface area (Å²) in [5.41, 5.74) is 19.4. The molecule has 0 aromatic carbocycles. The van der Waals surface area contributed by atoms with Crippen LogP contribution in [0.1, 0.15) is 32.6 Å². The van der Waals surface area contributed by atoms with Gasteiger partial charge in [-0.25, -0.2) is 0 Å². The third-order valence-electron chi connectivity index (χ3n) is 5.38. The second kappa shape index (κ2) is 10.7. The zero-order chi connectivity index (χ0) is 20.7. The molecule has 0 aromatic heterocycles. The molecule has 1 heterocycles. The summed E-state index contributed by atoms with van der Waals surface area (Å²) in [6.45, 7) is 2.51. The number of rotatable bonds is 9. The summed E-state index contributed by atoms with van der Waals surface area (Å²) < 4.78 is 17.6. The molecule has 0 spiro atoms. The molecule has 0 aromatic rings. The van der Waals surface area contributed by atoms with E-state index in [9.17, 15) is 10.2 Å². The monoisotopic (exact) mass is 402 g/mol. The Balaban J connectivity index is 1.96. The molecule has 1 aliphatic carbocycles. The van der Waals surface area contributed by atoms with Gasteiger partial charge in [-0.3, -0.25) is 0 Å². The maximum absolute atomic E-state index is 10.6. The van der Waals surface area contributed by atoms with Crippen molar-refractivity contribution in [3.8, 4) is 0 Å². The molecule has 2 aliphatic rings. The number of hydrogen-bond donors (Lipinski definition) is 5. The lowest BCUT2D eigenvalue weighted by atomic mass is 9.86. The summed E-state index contributed by atoms with van der Waals surface area (Å²) in [6, 6.07) is -1.05. The van der Waals surface area contributed by atoms with Crippen molar-refractivity contribution in [2.45, 2.75) is 80.9 Å². The molecule has 0 unspecified atom stereocenters. The van der Waals surface area contributed by atoms with Crippen LogP contribution in [-0.4, -0.2) is 85.3 Å². The van der Waals surface area contributed by atoms with Crippen LogP contribution in [0.15, 0.2) is 5.11 Å². The Morgan fingerprint density at radius 1 is 1.36 bits per heavy atom. The number of ether oxygens (including phenoxy) is 3. The Hall–Kier alpha value is -1.01. The van der Waals surface area contributed by atoms with Crippen molar-refractivity contribution in [3.63, 3.8) is 0 Å². The van der Waals surface area contributed by atoms with E-state index in [1.807, 2.05) is 0 Å². The van der Waals surface area contributed by atoms with Gasteiger partial charge in [0.05, 0.1) is 18.8 Å². The first kappa shape index (κ1) is 23.3. The smallest absolute Gasteiger partial charge is 0.185 e. The number of azide groups is 1. The number of nitrogens with zero attached hydrogens (tertiary/aromatic N) is 3. The van der Waals surface area contributed by atoms with E-state index in [0.29, 0.717) is 26.0 Å². The Morgan fingerprint density at radius 3 is 2.79 bits per heavy atom. The number of unbranched alkanes of at least 4 members (excludes halogenated alkanes) is 1. The first-order valence-corrected chi connectivity index (χ1v) is 9.78. The van der Waals surface area contributed by atoms with Gasteiger partial charge in [-0.1, -0.05) is 5.11 Å². The van der Waals surface area contributed by atoms with Gasteiger partial charge in [-0.2, -0.15) is 0 Å². The van der Waals surface area contributed by atoms with Crippen molar-refractivity contribution in [1.82, 2.24) is 5.32 Å². The highest BCUT2D eigenvalue weighted by Crippen LogP contribution is 2.29. The van der Waals surface area contributed by atoms with E-state index >= 15 is 0 Å². The fourth-order valence-electron chi connectivity index (χ4n) is 3.92. The fourth-order valence-corrected chi connectivity index (χ4v) is 3.92. The fraction of sp³-hybridized carbons (Fsp3) is 1.00. The number of aliphatic hydroxyl groups excluding tert-OH is 1. The SMILES string of the molecule is CN[C@@H]1[C@@H](O)[C@@H](O[C@H]2[C@H](N)C[C@H](N)C[C@@H]2OCCCCN=[N+]=[N-])OC[C@]1(C)O. The molecule has 2 rings (SSSR count). The van der Waals surface area contributed by atoms with Crippen LogP contribution in [0.5, 0.6) is 0 Å². The average molecular weight is 402 g/mol. The Bertz CT molecular complexity index is 532. The number of likely N-dealkylation sites (N-methyl/N-ethyl adjacent to an activating group) is 1. The number of hydrogen-bond acceptors (Lipinski definition) is 9. The van der Waals surface area contributed by atoms with E-state index in [4.69, 9.17) is 31.2 Å². The zero-order valence-corrected chi connectivity index (χ0v) is 16.6. The largest absolute Gasteiger partial charge is 0.386 e. The van der Waals surface area contributed by atoms with E-state index in [0.717, 1.165) is 12.8 Å². The van der Waals surface area contributed by atoms with Crippen molar-refractivity contribution in [1.29, 1.82) is 0 Å². The van der Waals surface area contributed by atoms with Gasteiger partial charge in [0.15, 0.2) is 6.29 Å². The van der Waals surface area contributed by atoms with Crippen molar-refractivity contribution < 1.29 is 24.4 Å². The van der Waals surface area contributed by atoms with Gasteiger partial charge in [0.25, 0.3) is 0 Å². The van der Waals surface area contributed by atoms with Gasteiger partial charge < -0.3 is 41.2 Å². The molecule has 1 aliphatic heterocycles. The van der Waals surface area contributed by atoms with Gasteiger partial charge in [0.1, 0.15) is 17.8 Å². The highest BCUT2D eigenvalue weighted by atomic mass is 16.7. The van der Waals surface area contributed by atoms with Crippen molar-refractivity contribution in [2.24, 2.45) is 16.6 Å². The number of nitrogens with two attached hydrogens (primary N) is 2. The molecule has 162 valence electrons. The highest BCUT2D eigenvalue weighted by molar-refractivity contribution is 4.99. The topological polar surface area (TPSA) is 181 Å². The van der Waals surface area contributed by atoms with Crippen LogP contribution in [0.25, 0.3) is 10.4 Å². The molecular formula is C17H34N6O5. The van der Waals surface area contributed by atoms with Gasteiger partial charge in [0.2, 0.25) is 0 Å². The zero-order valence-electron chi connectivity index (χ0n) is 16.6. The van der Waals surface area contributed by atoms with Gasteiger partial charge in [-0.05, 0) is 45.2 Å². The van der Waals surface area contributed by atoms with Crippen LogP contribution in [0.4, 0.5) is 0 Å². The summed E-state index contributed by atoms with van der Waals surface area (Å²) in [6.07, 6.45) is -0.187. The van der Waals surface area contributed by atoms with E-state index in [2.05, 4.69) is 15.3 Å².